The van der Waals surface area contributed by atoms with Crippen LogP contribution in [0.1, 0.15) is 6.23 Å². The van der Waals surface area contributed by atoms with Crippen molar-refractivity contribution in [2.24, 2.45) is 0 Å². The molecule has 0 saturated carbocycles. The molecule has 0 aliphatic carbocycles. The first-order valence-electron chi connectivity index (χ1n) is 9.89. The lowest BCUT2D eigenvalue weighted by molar-refractivity contribution is -0.0785. The van der Waals surface area contributed by atoms with Gasteiger partial charge in [0, 0.05) is 12.7 Å². The van der Waals surface area contributed by atoms with E-state index in [1.165, 1.54) is 24.3 Å². The van der Waals surface area contributed by atoms with Gasteiger partial charge < -0.3 is 25.6 Å². The Morgan fingerprint density at radius 3 is 2.64 bits per heavy atom. The number of anilines is 2. The molecule has 1 aromatic carbocycles. The third-order valence-electron chi connectivity index (χ3n) is 4.87. The van der Waals surface area contributed by atoms with Crippen LogP contribution in [-0.4, -0.2) is 73.8 Å². The SMILES string of the molecule is CNC(=O)NOC[C@H]1O[C@@H](n2cnc3c(NC(=O)Nc4ccccc4)ncnc32)C(O)C1O. The van der Waals surface area contributed by atoms with E-state index in [-0.39, 0.29) is 23.6 Å². The number of aliphatic hydroxyl groups excluding tert-OH is 2. The standard InChI is InChI=1S/C19H22N8O6/c1-20-18(30)26-32-7-11-13(28)14(29)17(33-11)27-9-23-12-15(21-8-22-16(12)27)25-19(31)24-10-5-3-2-4-6-10/h2-6,8-9,11,13-14,17,28-29H,7H2,1H3,(H2,20,26,30)(H2,21,22,24,25,31)/t11-,13?,14?,17-/m1/s1. The molecule has 174 valence electrons. The zero-order chi connectivity index (χ0) is 23.4. The Morgan fingerprint density at radius 2 is 1.88 bits per heavy atom. The normalized spacial score (nSPS) is 22.2. The molecule has 0 bridgehead atoms. The Hall–Kier alpha value is -3.85. The molecular weight excluding hydrogens is 436 g/mol. The second kappa shape index (κ2) is 9.74. The fourth-order valence-corrected chi connectivity index (χ4v) is 3.26. The minimum atomic E-state index is -1.33. The number of aliphatic hydroxyl groups is 2. The molecule has 4 atom stereocenters. The second-order valence-electron chi connectivity index (χ2n) is 7.03. The zero-order valence-electron chi connectivity index (χ0n) is 17.4. The first-order chi connectivity index (χ1) is 16.0. The van der Waals surface area contributed by atoms with Crippen molar-refractivity contribution in [3.63, 3.8) is 0 Å². The largest absolute Gasteiger partial charge is 0.387 e. The van der Waals surface area contributed by atoms with E-state index in [9.17, 15) is 19.8 Å². The molecule has 4 amide bonds. The van der Waals surface area contributed by atoms with Crippen LogP contribution in [0, 0.1) is 0 Å². The van der Waals surface area contributed by atoms with E-state index in [2.05, 4.69) is 36.4 Å². The van der Waals surface area contributed by atoms with Gasteiger partial charge in [-0.1, -0.05) is 18.2 Å². The number of aromatic nitrogens is 4. The average molecular weight is 458 g/mol. The van der Waals surface area contributed by atoms with Crippen LogP contribution in [0.2, 0.25) is 0 Å². The van der Waals surface area contributed by atoms with Crippen molar-refractivity contribution in [1.29, 1.82) is 0 Å². The molecule has 6 N–H and O–H groups in total. The highest BCUT2D eigenvalue weighted by molar-refractivity contribution is 6.02. The van der Waals surface area contributed by atoms with E-state index < -0.39 is 36.6 Å². The maximum atomic E-state index is 12.3. The van der Waals surface area contributed by atoms with Crippen LogP contribution in [0.5, 0.6) is 0 Å². The van der Waals surface area contributed by atoms with Gasteiger partial charge in [0.1, 0.15) is 31.2 Å². The summed E-state index contributed by atoms with van der Waals surface area (Å²) in [5, 5.41) is 28.4. The van der Waals surface area contributed by atoms with Crippen LogP contribution < -0.4 is 21.4 Å². The molecule has 2 unspecified atom stereocenters. The molecule has 1 aliphatic rings. The fourth-order valence-electron chi connectivity index (χ4n) is 3.26. The lowest BCUT2D eigenvalue weighted by Crippen LogP contribution is -2.38. The van der Waals surface area contributed by atoms with E-state index >= 15 is 0 Å². The summed E-state index contributed by atoms with van der Waals surface area (Å²) in [6.45, 7) is -0.212. The van der Waals surface area contributed by atoms with E-state index in [0.29, 0.717) is 5.69 Å². The molecule has 1 saturated heterocycles. The van der Waals surface area contributed by atoms with Crippen molar-refractivity contribution in [3.8, 4) is 0 Å². The van der Waals surface area contributed by atoms with Gasteiger partial charge in [0.2, 0.25) is 0 Å². The summed E-state index contributed by atoms with van der Waals surface area (Å²) in [4.78, 5) is 41.0. The number of carbonyl (C=O) groups excluding carboxylic acids is 2. The first-order valence-corrected chi connectivity index (χ1v) is 9.89. The number of hydrogen-bond acceptors (Lipinski definition) is 9. The molecule has 1 fully saturated rings. The number of para-hydroxylation sites is 1. The smallest absolute Gasteiger partial charge is 0.338 e. The molecule has 2 aromatic heterocycles. The summed E-state index contributed by atoms with van der Waals surface area (Å²) in [6, 6.07) is 7.77. The lowest BCUT2D eigenvalue weighted by Gasteiger charge is -2.16. The molecular formula is C19H22N8O6. The Balaban J connectivity index is 1.48. The predicted molar refractivity (Wildman–Crippen MR) is 114 cm³/mol. The summed E-state index contributed by atoms with van der Waals surface area (Å²) >= 11 is 0. The number of carbonyl (C=O) groups is 2. The van der Waals surface area contributed by atoms with Crippen molar-refractivity contribution in [3.05, 3.63) is 43.0 Å². The van der Waals surface area contributed by atoms with Crippen molar-refractivity contribution < 1.29 is 29.4 Å². The van der Waals surface area contributed by atoms with Crippen molar-refractivity contribution in [1.82, 2.24) is 30.3 Å². The van der Waals surface area contributed by atoms with Crippen LogP contribution >= 0.6 is 0 Å². The molecule has 0 radical (unpaired) electrons. The summed E-state index contributed by atoms with van der Waals surface area (Å²) < 4.78 is 7.13. The van der Waals surface area contributed by atoms with E-state index in [1.807, 2.05) is 6.07 Å². The highest BCUT2D eigenvalue weighted by Crippen LogP contribution is 2.32. The highest BCUT2D eigenvalue weighted by atomic mass is 16.7. The van der Waals surface area contributed by atoms with E-state index in [1.54, 1.807) is 24.3 Å². The molecule has 3 aromatic rings. The quantitative estimate of drug-likeness (QED) is 0.276. The van der Waals surface area contributed by atoms with E-state index in [0.717, 1.165) is 0 Å². The van der Waals surface area contributed by atoms with Crippen molar-refractivity contribution in [2.75, 3.05) is 24.3 Å². The van der Waals surface area contributed by atoms with Gasteiger partial charge in [-0.25, -0.2) is 30.0 Å². The van der Waals surface area contributed by atoms with Gasteiger partial charge in [0.15, 0.2) is 23.2 Å². The topological polar surface area (TPSA) is 185 Å². The Kier molecular flexibility index (Phi) is 6.60. The van der Waals surface area contributed by atoms with Crippen molar-refractivity contribution >= 4 is 34.7 Å². The zero-order valence-corrected chi connectivity index (χ0v) is 17.4. The highest BCUT2D eigenvalue weighted by Gasteiger charge is 2.44. The summed E-state index contributed by atoms with van der Waals surface area (Å²) in [7, 11) is 1.42. The van der Waals surface area contributed by atoms with Gasteiger partial charge in [-0.05, 0) is 12.1 Å². The van der Waals surface area contributed by atoms with Crippen LogP contribution in [0.15, 0.2) is 43.0 Å². The number of benzene rings is 1. The number of rotatable bonds is 6. The van der Waals surface area contributed by atoms with Gasteiger partial charge in [-0.2, -0.15) is 0 Å². The molecule has 14 heteroatoms. The Morgan fingerprint density at radius 1 is 1.09 bits per heavy atom. The maximum Gasteiger partial charge on any atom is 0.338 e. The van der Waals surface area contributed by atoms with Gasteiger partial charge in [0.25, 0.3) is 0 Å². The van der Waals surface area contributed by atoms with Crippen LogP contribution in [-0.2, 0) is 9.57 Å². The first kappa shape index (κ1) is 22.3. The van der Waals surface area contributed by atoms with Gasteiger partial charge in [-0.15, -0.1) is 0 Å². The Bertz CT molecular complexity index is 1130. The number of ether oxygens (including phenoxy) is 1. The maximum absolute atomic E-state index is 12.3. The number of urea groups is 2. The van der Waals surface area contributed by atoms with Gasteiger partial charge in [0.05, 0.1) is 6.33 Å². The lowest BCUT2D eigenvalue weighted by atomic mass is 10.1. The van der Waals surface area contributed by atoms with E-state index in [4.69, 9.17) is 9.57 Å². The third-order valence-corrected chi connectivity index (χ3v) is 4.87. The number of fused-ring (bicyclic) bond motifs is 1. The third kappa shape index (κ3) is 4.83. The summed E-state index contributed by atoms with van der Waals surface area (Å²) in [6.07, 6.45) is -2.02. The number of nitrogens with one attached hydrogen (secondary N) is 4. The molecule has 1 aliphatic heterocycles. The molecule has 4 rings (SSSR count). The minimum Gasteiger partial charge on any atom is -0.387 e. The number of hydroxylamine groups is 1. The minimum absolute atomic E-state index is 0.148. The molecule has 14 nitrogen and oxygen atoms in total. The van der Waals surface area contributed by atoms with Crippen molar-refractivity contribution in [2.45, 2.75) is 24.5 Å². The van der Waals surface area contributed by atoms with Gasteiger partial charge >= 0.3 is 12.1 Å². The Labute approximate surface area is 186 Å². The molecule has 33 heavy (non-hydrogen) atoms. The number of nitrogens with zero attached hydrogens (tertiary/aromatic N) is 4. The van der Waals surface area contributed by atoms with Crippen LogP contribution in [0.3, 0.4) is 0 Å². The molecule has 0 spiro atoms. The monoisotopic (exact) mass is 458 g/mol. The second-order valence-corrected chi connectivity index (χ2v) is 7.03. The van der Waals surface area contributed by atoms with Crippen LogP contribution in [0.4, 0.5) is 21.1 Å². The predicted octanol–water partition coefficient (Wildman–Crippen LogP) is -0.0499. The summed E-state index contributed by atoms with van der Waals surface area (Å²) in [5.74, 6) is 0.148. The fraction of sp³-hybridized carbons (Fsp3) is 0.316. The number of imidazole rings is 1. The molecule has 3 heterocycles. The van der Waals surface area contributed by atoms with Gasteiger partial charge in [-0.3, -0.25) is 14.7 Å². The number of amides is 4. The van der Waals surface area contributed by atoms with Crippen LogP contribution in [0.25, 0.3) is 11.2 Å². The summed E-state index contributed by atoms with van der Waals surface area (Å²) in [5.41, 5.74) is 3.23. The average Bonchev–Trinajstić information content (AvgIpc) is 3.36. The number of hydrogen-bond donors (Lipinski definition) is 6.